The molecule has 15 heavy (non-hydrogen) atoms. The lowest BCUT2D eigenvalue weighted by atomic mass is 10.1. The fraction of sp³-hybridized carbons (Fsp3) is 0.222. The van der Waals surface area contributed by atoms with Crippen LogP contribution in [0.5, 0.6) is 0 Å². The lowest BCUT2D eigenvalue weighted by molar-refractivity contribution is 0.0981. The monoisotopic (exact) mass is 228 g/mol. The zero-order valence-corrected chi connectivity index (χ0v) is 9.26. The van der Waals surface area contributed by atoms with E-state index in [9.17, 15) is 13.2 Å². The van der Waals surface area contributed by atoms with Gasteiger partial charge in [0.2, 0.25) is 10.0 Å². The molecular weight excluding hydrogens is 216 g/mol. The topological polar surface area (TPSA) is 89.3 Å². The zero-order valence-electron chi connectivity index (χ0n) is 8.44. The average Bonchev–Trinajstić information content (AvgIpc) is 2.06. The molecule has 0 atom stereocenters. The summed E-state index contributed by atoms with van der Waals surface area (Å²) in [4.78, 5) is 11.4. The molecule has 0 spiro atoms. The SMILES string of the molecule is Cc1ccc(C(=O)NS(C)(=O)=O)cc1N. The number of carbonyl (C=O) groups is 1. The zero-order chi connectivity index (χ0) is 11.6. The van der Waals surface area contributed by atoms with Crippen molar-refractivity contribution in [3.8, 4) is 0 Å². The van der Waals surface area contributed by atoms with Crippen LogP contribution in [-0.4, -0.2) is 20.6 Å². The second-order valence-electron chi connectivity index (χ2n) is 3.27. The van der Waals surface area contributed by atoms with Crippen LogP contribution in [0, 0.1) is 6.92 Å². The molecule has 0 aliphatic carbocycles. The van der Waals surface area contributed by atoms with Crippen LogP contribution in [0.4, 0.5) is 5.69 Å². The van der Waals surface area contributed by atoms with Crippen LogP contribution in [0.15, 0.2) is 18.2 Å². The summed E-state index contributed by atoms with van der Waals surface area (Å²) in [5.41, 5.74) is 7.11. The summed E-state index contributed by atoms with van der Waals surface area (Å²) in [6.07, 6.45) is 0.919. The summed E-state index contributed by atoms with van der Waals surface area (Å²) in [7, 11) is -3.53. The van der Waals surface area contributed by atoms with E-state index in [-0.39, 0.29) is 5.56 Å². The Hall–Kier alpha value is -1.56. The number of rotatable bonds is 2. The van der Waals surface area contributed by atoms with Crippen molar-refractivity contribution in [3.63, 3.8) is 0 Å². The van der Waals surface area contributed by atoms with Crippen molar-refractivity contribution in [2.24, 2.45) is 0 Å². The highest BCUT2D eigenvalue weighted by atomic mass is 32.2. The number of benzene rings is 1. The van der Waals surface area contributed by atoms with Gasteiger partial charge in [-0.25, -0.2) is 13.1 Å². The minimum atomic E-state index is -3.53. The van der Waals surface area contributed by atoms with Crippen molar-refractivity contribution in [1.29, 1.82) is 0 Å². The van der Waals surface area contributed by atoms with Gasteiger partial charge in [-0.1, -0.05) is 6.07 Å². The Morgan fingerprint density at radius 3 is 2.47 bits per heavy atom. The number of anilines is 1. The first-order valence-corrected chi connectivity index (χ1v) is 6.07. The van der Waals surface area contributed by atoms with E-state index in [0.717, 1.165) is 11.8 Å². The van der Waals surface area contributed by atoms with Gasteiger partial charge in [0.1, 0.15) is 0 Å². The predicted octanol–water partition coefficient (Wildman–Crippen LogP) is 0.267. The first-order chi connectivity index (χ1) is 6.79. The second kappa shape index (κ2) is 3.90. The fourth-order valence-electron chi connectivity index (χ4n) is 1.01. The number of hydrogen-bond donors (Lipinski definition) is 2. The molecule has 1 amide bonds. The summed E-state index contributed by atoms with van der Waals surface area (Å²) in [6, 6.07) is 4.62. The molecule has 0 fully saturated rings. The Morgan fingerprint density at radius 1 is 1.40 bits per heavy atom. The number of carbonyl (C=O) groups excluding carboxylic acids is 1. The summed E-state index contributed by atoms with van der Waals surface area (Å²) >= 11 is 0. The molecule has 0 saturated heterocycles. The van der Waals surface area contributed by atoms with Crippen molar-refractivity contribution in [1.82, 2.24) is 4.72 Å². The Kier molecular flexibility index (Phi) is 2.99. The Morgan fingerprint density at radius 2 is 2.00 bits per heavy atom. The third kappa shape index (κ3) is 3.25. The van der Waals surface area contributed by atoms with E-state index in [1.807, 2.05) is 4.72 Å². The molecule has 1 rings (SSSR count). The number of amides is 1. The molecule has 3 N–H and O–H groups in total. The smallest absolute Gasteiger partial charge is 0.264 e. The molecule has 0 radical (unpaired) electrons. The Balaban J connectivity index is 2.98. The number of nitrogens with two attached hydrogens (primary N) is 1. The maximum absolute atomic E-state index is 11.4. The Bertz CT molecular complexity index is 494. The van der Waals surface area contributed by atoms with Crippen molar-refractivity contribution in [3.05, 3.63) is 29.3 Å². The van der Waals surface area contributed by atoms with E-state index in [1.165, 1.54) is 12.1 Å². The van der Waals surface area contributed by atoms with Gasteiger partial charge in [-0.05, 0) is 24.6 Å². The molecule has 0 aliphatic rings. The third-order valence-corrected chi connectivity index (χ3v) is 2.38. The van der Waals surface area contributed by atoms with Crippen LogP contribution in [0.3, 0.4) is 0 Å². The van der Waals surface area contributed by atoms with Gasteiger partial charge in [-0.2, -0.15) is 0 Å². The number of hydrogen-bond acceptors (Lipinski definition) is 4. The first kappa shape index (κ1) is 11.5. The van der Waals surface area contributed by atoms with Crippen LogP contribution in [0.1, 0.15) is 15.9 Å². The largest absolute Gasteiger partial charge is 0.398 e. The lowest BCUT2D eigenvalue weighted by Gasteiger charge is -2.05. The van der Waals surface area contributed by atoms with E-state index in [2.05, 4.69) is 0 Å². The molecule has 1 aromatic rings. The van der Waals surface area contributed by atoms with Gasteiger partial charge in [0.05, 0.1) is 6.26 Å². The van der Waals surface area contributed by atoms with Crippen LogP contribution in [-0.2, 0) is 10.0 Å². The molecular formula is C9H12N2O3S. The van der Waals surface area contributed by atoms with E-state index < -0.39 is 15.9 Å². The molecule has 0 bridgehead atoms. The molecule has 0 saturated carbocycles. The number of aryl methyl sites for hydroxylation is 1. The predicted molar refractivity (Wildman–Crippen MR) is 57.9 cm³/mol. The van der Waals surface area contributed by atoms with Gasteiger partial charge in [-0.3, -0.25) is 4.79 Å². The van der Waals surface area contributed by atoms with Gasteiger partial charge in [0, 0.05) is 11.3 Å². The van der Waals surface area contributed by atoms with Crippen molar-refractivity contribution >= 4 is 21.6 Å². The van der Waals surface area contributed by atoms with Gasteiger partial charge >= 0.3 is 0 Å². The van der Waals surface area contributed by atoms with E-state index >= 15 is 0 Å². The summed E-state index contributed by atoms with van der Waals surface area (Å²) in [6.45, 7) is 1.80. The molecule has 6 heteroatoms. The van der Waals surface area contributed by atoms with E-state index in [0.29, 0.717) is 5.69 Å². The molecule has 0 aromatic heterocycles. The van der Waals surface area contributed by atoms with Crippen LogP contribution < -0.4 is 10.5 Å². The van der Waals surface area contributed by atoms with Gasteiger partial charge in [0.25, 0.3) is 5.91 Å². The number of nitrogens with one attached hydrogen (secondary N) is 1. The maximum atomic E-state index is 11.4. The standard InChI is InChI=1S/C9H12N2O3S/c1-6-3-4-7(5-8(6)10)9(12)11-15(2,13)14/h3-5H,10H2,1-2H3,(H,11,12). The highest BCUT2D eigenvalue weighted by Crippen LogP contribution is 2.12. The van der Waals surface area contributed by atoms with Crippen molar-refractivity contribution in [2.45, 2.75) is 6.92 Å². The first-order valence-electron chi connectivity index (χ1n) is 4.18. The highest BCUT2D eigenvalue weighted by molar-refractivity contribution is 7.89. The summed E-state index contributed by atoms with van der Waals surface area (Å²) in [5, 5.41) is 0. The van der Waals surface area contributed by atoms with Gasteiger partial charge in [0.15, 0.2) is 0 Å². The van der Waals surface area contributed by atoms with E-state index in [4.69, 9.17) is 5.73 Å². The number of sulfonamides is 1. The highest BCUT2D eigenvalue weighted by Gasteiger charge is 2.11. The quantitative estimate of drug-likeness (QED) is 0.711. The molecule has 0 aliphatic heterocycles. The number of nitrogen functional groups attached to an aromatic ring is 1. The van der Waals surface area contributed by atoms with Crippen molar-refractivity contribution < 1.29 is 13.2 Å². The van der Waals surface area contributed by atoms with Crippen molar-refractivity contribution in [2.75, 3.05) is 12.0 Å². The van der Waals surface area contributed by atoms with Crippen LogP contribution in [0.2, 0.25) is 0 Å². The minimum Gasteiger partial charge on any atom is -0.398 e. The minimum absolute atomic E-state index is 0.225. The fourth-order valence-corrected chi connectivity index (χ4v) is 1.46. The van der Waals surface area contributed by atoms with Crippen LogP contribution >= 0.6 is 0 Å². The summed E-state index contributed by atoms with van der Waals surface area (Å²) < 4.78 is 23.5. The Labute approximate surface area is 88.3 Å². The summed E-state index contributed by atoms with van der Waals surface area (Å²) in [5.74, 6) is -0.677. The molecule has 82 valence electrons. The molecule has 5 nitrogen and oxygen atoms in total. The van der Waals surface area contributed by atoms with Gasteiger partial charge in [-0.15, -0.1) is 0 Å². The second-order valence-corrected chi connectivity index (χ2v) is 5.02. The molecule has 0 heterocycles. The molecule has 1 aromatic carbocycles. The average molecular weight is 228 g/mol. The molecule has 0 unspecified atom stereocenters. The lowest BCUT2D eigenvalue weighted by Crippen LogP contribution is -2.29. The maximum Gasteiger partial charge on any atom is 0.264 e. The van der Waals surface area contributed by atoms with Gasteiger partial charge < -0.3 is 5.73 Å². The van der Waals surface area contributed by atoms with E-state index in [1.54, 1.807) is 13.0 Å². The normalized spacial score (nSPS) is 11.1. The third-order valence-electron chi connectivity index (χ3n) is 1.82. The van der Waals surface area contributed by atoms with Crippen LogP contribution in [0.25, 0.3) is 0 Å².